The van der Waals surface area contributed by atoms with Crippen molar-refractivity contribution in [2.24, 2.45) is 23.2 Å². The number of nitrogens with one attached hydrogen (secondary N) is 1. The van der Waals surface area contributed by atoms with Crippen molar-refractivity contribution in [3.05, 3.63) is 32.9 Å². The number of fused-ring (bicyclic) bond motifs is 2. The second kappa shape index (κ2) is 14.7. The van der Waals surface area contributed by atoms with Gasteiger partial charge in [-0.25, -0.2) is 0 Å². The first-order valence-electron chi connectivity index (χ1n) is 15.5. The number of Topliss-reactive ketones (excluding diaryl/α,β-unsaturated/α-hetero) is 1. The minimum absolute atomic E-state index is 0.0139. The Labute approximate surface area is 273 Å². The van der Waals surface area contributed by atoms with Gasteiger partial charge in [-0.2, -0.15) is 0 Å². The molecular formula is C33H45IN2O8. The summed E-state index contributed by atoms with van der Waals surface area (Å²) >= 11 is 2.03. The van der Waals surface area contributed by atoms with E-state index in [-0.39, 0.29) is 49.0 Å². The Morgan fingerprint density at radius 1 is 1.20 bits per heavy atom. The van der Waals surface area contributed by atoms with Crippen LogP contribution in [0.25, 0.3) is 0 Å². The number of methoxy groups -OCH3 is 1. The molecule has 0 aromatic heterocycles. The van der Waals surface area contributed by atoms with Gasteiger partial charge in [0.15, 0.2) is 11.5 Å². The molecule has 0 unspecified atom stereocenters. The van der Waals surface area contributed by atoms with Crippen molar-refractivity contribution < 1.29 is 38.9 Å². The number of hydrogen-bond donors (Lipinski definition) is 3. The zero-order valence-corrected chi connectivity index (χ0v) is 28.2. The normalized spacial score (nSPS) is 26.9. The zero-order valence-electron chi connectivity index (χ0n) is 26.0. The van der Waals surface area contributed by atoms with Crippen LogP contribution in [0.2, 0.25) is 0 Å². The van der Waals surface area contributed by atoms with Gasteiger partial charge in [-0.15, -0.1) is 0 Å². The SMILES string of the molecule is COc1cc(C=O)cc(I)c1O[C@H]1C=C(C(=O)NCCO)C[C@@H](N(C[C@@H]2CC[C@H]3C[C@@H]2C3(C)C)C(=O)CCCC(C)=O)[C@@H]1O. The predicted octanol–water partition coefficient (Wildman–Crippen LogP) is 3.69. The molecule has 6 atom stereocenters. The van der Waals surface area contributed by atoms with Crippen molar-refractivity contribution in [2.45, 2.75) is 84.0 Å². The van der Waals surface area contributed by atoms with Crippen LogP contribution in [0.15, 0.2) is 23.8 Å². The van der Waals surface area contributed by atoms with Crippen LogP contribution in [-0.4, -0.2) is 84.1 Å². The lowest BCUT2D eigenvalue weighted by Gasteiger charge is -2.61. The third kappa shape index (κ3) is 7.47. The first kappa shape index (κ1) is 34.4. The van der Waals surface area contributed by atoms with E-state index in [0.717, 1.165) is 19.3 Å². The highest BCUT2D eigenvalue weighted by atomic mass is 127. The maximum atomic E-state index is 13.9. The van der Waals surface area contributed by atoms with Crippen LogP contribution < -0.4 is 14.8 Å². The van der Waals surface area contributed by atoms with Gasteiger partial charge in [-0.05, 0) is 96.6 Å². The Bertz CT molecular complexity index is 1280. The van der Waals surface area contributed by atoms with Crippen LogP contribution in [0.1, 0.15) is 76.1 Å². The number of carbonyl (C=O) groups is 4. The van der Waals surface area contributed by atoms with Crippen LogP contribution in [0.3, 0.4) is 0 Å². The summed E-state index contributed by atoms with van der Waals surface area (Å²) in [6.45, 7) is 6.38. The Balaban J connectivity index is 1.69. The molecule has 0 heterocycles. The van der Waals surface area contributed by atoms with Gasteiger partial charge in [0.2, 0.25) is 11.8 Å². The van der Waals surface area contributed by atoms with Gasteiger partial charge < -0.3 is 34.7 Å². The van der Waals surface area contributed by atoms with Crippen molar-refractivity contribution in [1.29, 1.82) is 0 Å². The highest BCUT2D eigenvalue weighted by Crippen LogP contribution is 2.61. The van der Waals surface area contributed by atoms with Crippen molar-refractivity contribution in [3.8, 4) is 11.5 Å². The number of aldehydes is 1. The second-order valence-corrected chi connectivity index (χ2v) is 14.1. The van der Waals surface area contributed by atoms with Gasteiger partial charge in [0.1, 0.15) is 24.3 Å². The summed E-state index contributed by atoms with van der Waals surface area (Å²) < 4.78 is 12.4. The molecule has 5 rings (SSSR count). The number of nitrogens with zero attached hydrogens (tertiary/aromatic N) is 1. The number of halogens is 1. The Kier molecular flexibility index (Phi) is 11.5. The number of aliphatic hydroxyl groups excluding tert-OH is 2. The van der Waals surface area contributed by atoms with Gasteiger partial charge in [0, 0.05) is 43.5 Å². The lowest BCUT2D eigenvalue weighted by atomic mass is 9.45. The monoisotopic (exact) mass is 724 g/mol. The van der Waals surface area contributed by atoms with Crippen molar-refractivity contribution in [3.63, 3.8) is 0 Å². The molecule has 0 radical (unpaired) electrons. The summed E-state index contributed by atoms with van der Waals surface area (Å²) in [5.74, 6) is 1.46. The number of aliphatic hydroxyl groups is 2. The number of carbonyl (C=O) groups excluding carboxylic acids is 4. The first-order chi connectivity index (χ1) is 20.9. The highest BCUT2D eigenvalue weighted by Gasteiger charge is 2.55. The molecule has 3 fully saturated rings. The third-order valence-corrected chi connectivity index (χ3v) is 10.7. The number of ether oxygens (including phenoxy) is 2. The molecule has 242 valence electrons. The van der Waals surface area contributed by atoms with Crippen LogP contribution in [0, 0.1) is 26.7 Å². The zero-order chi connectivity index (χ0) is 32.2. The van der Waals surface area contributed by atoms with Gasteiger partial charge in [-0.1, -0.05) is 13.8 Å². The Hall–Kier alpha value is -2.51. The average molecular weight is 725 g/mol. The summed E-state index contributed by atoms with van der Waals surface area (Å²) in [5, 5.41) is 23.9. The molecule has 2 bridgehead atoms. The number of ketones is 1. The lowest BCUT2D eigenvalue weighted by molar-refractivity contribution is -0.148. The fraction of sp³-hybridized carbons (Fsp3) is 0.636. The van der Waals surface area contributed by atoms with E-state index in [1.807, 2.05) is 22.6 Å². The average Bonchev–Trinajstić information content (AvgIpc) is 3.00. The van der Waals surface area contributed by atoms with E-state index in [1.165, 1.54) is 20.1 Å². The molecule has 10 nitrogen and oxygen atoms in total. The molecular weight excluding hydrogens is 679 g/mol. The lowest BCUT2D eigenvalue weighted by Crippen LogP contribution is -2.59. The molecule has 44 heavy (non-hydrogen) atoms. The molecule has 3 saturated carbocycles. The van der Waals surface area contributed by atoms with Crippen LogP contribution >= 0.6 is 22.6 Å². The second-order valence-electron chi connectivity index (χ2n) is 13.0. The minimum atomic E-state index is -1.18. The maximum Gasteiger partial charge on any atom is 0.247 e. The van der Waals surface area contributed by atoms with Gasteiger partial charge >= 0.3 is 0 Å². The largest absolute Gasteiger partial charge is 0.493 e. The molecule has 1 aromatic rings. The number of hydrogen-bond acceptors (Lipinski definition) is 8. The Morgan fingerprint density at radius 3 is 2.57 bits per heavy atom. The third-order valence-electron chi connectivity index (χ3n) is 9.93. The molecule has 0 saturated heterocycles. The van der Waals surface area contributed by atoms with Gasteiger partial charge in [-0.3, -0.25) is 14.4 Å². The fourth-order valence-corrected chi connectivity index (χ4v) is 8.08. The summed E-state index contributed by atoms with van der Waals surface area (Å²) in [6, 6.07) is 2.42. The van der Waals surface area contributed by atoms with Gasteiger partial charge in [0.05, 0.1) is 23.3 Å². The van der Waals surface area contributed by atoms with Gasteiger partial charge in [0.25, 0.3) is 0 Å². The smallest absolute Gasteiger partial charge is 0.247 e. The number of amides is 2. The topological polar surface area (TPSA) is 142 Å². The minimum Gasteiger partial charge on any atom is -0.493 e. The van der Waals surface area contributed by atoms with Crippen LogP contribution in [0.4, 0.5) is 0 Å². The van der Waals surface area contributed by atoms with Crippen molar-refractivity contribution in [1.82, 2.24) is 10.2 Å². The standard InChI is InChI=1S/C33H45IN2O8/c1-19(39)6-5-7-29(40)36(17-21-8-9-23-16-24(21)33(23,2)3)26-14-22(32(42)35-10-11-37)15-27(30(26)41)44-31-25(34)12-20(18-38)13-28(31)43-4/h12-13,15,18,21,23-24,26-27,30,37,41H,5-11,14,16-17H2,1-4H3,(H,35,42)/t21-,23-,24-,26+,27-,30-/m0/s1. The van der Waals surface area contributed by atoms with E-state index in [0.29, 0.717) is 63.7 Å². The molecule has 4 aliphatic rings. The highest BCUT2D eigenvalue weighted by molar-refractivity contribution is 14.1. The van der Waals surface area contributed by atoms with E-state index in [1.54, 1.807) is 17.0 Å². The van der Waals surface area contributed by atoms with Crippen LogP contribution in [0.5, 0.6) is 11.5 Å². The summed E-state index contributed by atoms with van der Waals surface area (Å²) in [4.78, 5) is 52.0. The molecule has 11 heteroatoms. The maximum absolute atomic E-state index is 13.9. The molecule has 3 N–H and O–H groups in total. The number of rotatable bonds is 14. The van der Waals surface area contributed by atoms with Crippen molar-refractivity contribution >= 4 is 46.5 Å². The molecule has 4 aliphatic carbocycles. The van der Waals surface area contributed by atoms with E-state index in [4.69, 9.17) is 9.47 Å². The Morgan fingerprint density at radius 2 is 1.95 bits per heavy atom. The number of benzene rings is 1. The molecule has 1 aromatic carbocycles. The summed E-state index contributed by atoms with van der Waals surface area (Å²) in [6.07, 6.45) is 4.27. The quantitative estimate of drug-likeness (QED) is 0.195. The van der Waals surface area contributed by atoms with Crippen LogP contribution in [-0.2, 0) is 14.4 Å². The summed E-state index contributed by atoms with van der Waals surface area (Å²) in [7, 11) is 1.45. The molecule has 0 spiro atoms. The first-order valence-corrected chi connectivity index (χ1v) is 16.5. The summed E-state index contributed by atoms with van der Waals surface area (Å²) in [5.41, 5.74) is 0.932. The van der Waals surface area contributed by atoms with Crippen molar-refractivity contribution in [2.75, 3.05) is 26.8 Å². The van der Waals surface area contributed by atoms with E-state index in [9.17, 15) is 29.4 Å². The van der Waals surface area contributed by atoms with E-state index in [2.05, 4.69) is 19.2 Å². The van der Waals surface area contributed by atoms with E-state index < -0.39 is 24.2 Å². The molecule has 0 aliphatic heterocycles. The predicted molar refractivity (Wildman–Crippen MR) is 172 cm³/mol. The van der Waals surface area contributed by atoms with E-state index >= 15 is 0 Å². The molecule has 2 amide bonds. The fourth-order valence-electron chi connectivity index (χ4n) is 7.33.